The highest BCUT2D eigenvalue weighted by molar-refractivity contribution is 6.30. The van der Waals surface area contributed by atoms with E-state index in [1.165, 1.54) is 0 Å². The van der Waals surface area contributed by atoms with Gasteiger partial charge in [0.2, 0.25) is 0 Å². The van der Waals surface area contributed by atoms with Gasteiger partial charge in [-0.3, -0.25) is 4.79 Å². The molecule has 0 aliphatic rings. The molecule has 0 spiro atoms. The molecule has 0 fully saturated rings. The van der Waals surface area contributed by atoms with Crippen LogP contribution in [0, 0.1) is 0 Å². The largest absolute Gasteiger partial charge is 0.508 e. The van der Waals surface area contributed by atoms with E-state index in [4.69, 9.17) is 23.2 Å². The summed E-state index contributed by atoms with van der Waals surface area (Å²) in [7, 11) is 0. The number of carbonyl (C=O) groups is 1. The van der Waals surface area contributed by atoms with Crippen LogP contribution in [0.5, 0.6) is 11.5 Å². The third-order valence-corrected chi connectivity index (χ3v) is 6.32. The van der Waals surface area contributed by atoms with E-state index in [2.05, 4.69) is 0 Å². The molecule has 4 rings (SSSR count). The number of hydrogen-bond acceptors (Lipinski definition) is 3. The predicted molar refractivity (Wildman–Crippen MR) is 148 cm³/mol. The number of halogens is 2. The molecular weight excluding hydrogens is 491 g/mol. The molecule has 0 radical (unpaired) electrons. The summed E-state index contributed by atoms with van der Waals surface area (Å²) >= 11 is 12.0. The van der Waals surface area contributed by atoms with E-state index in [-0.39, 0.29) is 17.3 Å². The standard InChI is InChI=1S/C31H24Cl2O3/c32-25-11-1-21(2-12-25)5-19-29(23-7-15-27(34)16-8-23)31(36)30(24-9-17-28(35)18-10-24)20-6-22-3-13-26(33)14-4-22/h1-20,29-30,34-35H/b19-5+,20-6+. The molecule has 2 atom stereocenters. The van der Waals surface area contributed by atoms with Crippen molar-refractivity contribution in [2.45, 2.75) is 11.8 Å². The maximum Gasteiger partial charge on any atom is 0.155 e. The second kappa shape index (κ2) is 11.8. The summed E-state index contributed by atoms with van der Waals surface area (Å²) in [6.07, 6.45) is 7.51. The summed E-state index contributed by atoms with van der Waals surface area (Å²) in [6, 6.07) is 28.0. The lowest BCUT2D eigenvalue weighted by Crippen LogP contribution is -2.18. The number of carbonyl (C=O) groups excluding carboxylic acids is 1. The number of rotatable bonds is 8. The Hall–Kier alpha value is -3.79. The van der Waals surface area contributed by atoms with Crippen LogP contribution in [0.25, 0.3) is 12.2 Å². The highest BCUT2D eigenvalue weighted by Crippen LogP contribution is 2.32. The first-order chi connectivity index (χ1) is 17.4. The lowest BCUT2D eigenvalue weighted by molar-refractivity contribution is -0.120. The van der Waals surface area contributed by atoms with Gasteiger partial charge in [-0.05, 0) is 70.8 Å². The summed E-state index contributed by atoms with van der Waals surface area (Å²) in [5.74, 6) is -0.972. The van der Waals surface area contributed by atoms with Crippen LogP contribution in [0.15, 0.2) is 109 Å². The van der Waals surface area contributed by atoms with Crippen LogP contribution in [0.2, 0.25) is 10.0 Å². The van der Waals surface area contributed by atoms with Crippen LogP contribution in [0.1, 0.15) is 34.1 Å². The second-order valence-corrected chi connectivity index (χ2v) is 9.23. The third kappa shape index (κ3) is 6.66. The summed E-state index contributed by atoms with van der Waals surface area (Å²) in [6.45, 7) is 0. The molecule has 0 aliphatic carbocycles. The predicted octanol–water partition coefficient (Wildman–Crippen LogP) is 8.27. The number of hydrogen-bond donors (Lipinski definition) is 2. The zero-order valence-corrected chi connectivity index (χ0v) is 20.8. The first-order valence-electron chi connectivity index (χ1n) is 11.4. The van der Waals surface area contributed by atoms with Crippen LogP contribution in [-0.2, 0) is 4.79 Å². The molecule has 0 saturated carbocycles. The number of ketones is 1. The smallest absolute Gasteiger partial charge is 0.155 e. The quantitative estimate of drug-likeness (QED) is 0.248. The molecule has 3 nitrogen and oxygen atoms in total. The Morgan fingerprint density at radius 3 is 1.22 bits per heavy atom. The Labute approximate surface area is 220 Å². The topological polar surface area (TPSA) is 57.5 Å². The maximum atomic E-state index is 14.1. The lowest BCUT2D eigenvalue weighted by atomic mass is 9.82. The Morgan fingerprint density at radius 1 is 0.556 bits per heavy atom. The fourth-order valence-electron chi connectivity index (χ4n) is 3.86. The molecule has 5 heteroatoms. The van der Waals surface area contributed by atoms with Gasteiger partial charge in [0.15, 0.2) is 5.78 Å². The first-order valence-corrected chi connectivity index (χ1v) is 12.1. The Morgan fingerprint density at radius 2 is 0.889 bits per heavy atom. The Bertz CT molecular complexity index is 1250. The van der Waals surface area contributed by atoms with Gasteiger partial charge in [0, 0.05) is 10.0 Å². The molecule has 0 saturated heterocycles. The first kappa shape index (κ1) is 25.3. The highest BCUT2D eigenvalue weighted by atomic mass is 35.5. The van der Waals surface area contributed by atoms with Crippen LogP contribution >= 0.6 is 23.2 Å². The summed E-state index contributed by atoms with van der Waals surface area (Å²) in [4.78, 5) is 14.1. The zero-order valence-electron chi connectivity index (χ0n) is 19.3. The van der Waals surface area contributed by atoms with Gasteiger partial charge in [-0.25, -0.2) is 0 Å². The minimum atomic E-state index is -0.588. The number of phenolic OH excluding ortho intramolecular Hbond substituents is 2. The molecule has 4 aromatic carbocycles. The van der Waals surface area contributed by atoms with E-state index in [0.29, 0.717) is 10.0 Å². The summed E-state index contributed by atoms with van der Waals surface area (Å²) in [5, 5.41) is 20.9. The SMILES string of the molecule is O=C(C(/C=C/c1ccc(Cl)cc1)c1ccc(O)cc1)C(/C=C/c1ccc(Cl)cc1)c1ccc(O)cc1. The van der Waals surface area contributed by atoms with Crippen molar-refractivity contribution in [1.29, 1.82) is 0 Å². The molecule has 2 unspecified atom stereocenters. The van der Waals surface area contributed by atoms with Crippen molar-refractivity contribution in [2.24, 2.45) is 0 Å². The maximum absolute atomic E-state index is 14.1. The van der Waals surface area contributed by atoms with Crippen molar-refractivity contribution in [3.63, 3.8) is 0 Å². The third-order valence-electron chi connectivity index (χ3n) is 5.82. The van der Waals surface area contributed by atoms with Gasteiger partial charge in [-0.2, -0.15) is 0 Å². The molecule has 4 aromatic rings. The van der Waals surface area contributed by atoms with Crippen LogP contribution in [-0.4, -0.2) is 16.0 Å². The molecule has 0 amide bonds. The van der Waals surface area contributed by atoms with Crippen LogP contribution in [0.4, 0.5) is 0 Å². The van der Waals surface area contributed by atoms with E-state index in [1.807, 2.05) is 48.6 Å². The van der Waals surface area contributed by atoms with Crippen molar-refractivity contribution in [3.05, 3.63) is 142 Å². The Balaban J connectivity index is 1.74. The molecule has 0 aromatic heterocycles. The molecular formula is C31H24Cl2O3. The van der Waals surface area contributed by atoms with E-state index >= 15 is 0 Å². The summed E-state index contributed by atoms with van der Waals surface area (Å²) < 4.78 is 0. The normalized spacial score (nSPS) is 13.2. The van der Waals surface area contributed by atoms with Gasteiger partial charge in [-0.1, -0.05) is 96.0 Å². The number of phenols is 2. The van der Waals surface area contributed by atoms with E-state index in [1.54, 1.807) is 72.8 Å². The van der Waals surface area contributed by atoms with Crippen molar-refractivity contribution in [1.82, 2.24) is 0 Å². The van der Waals surface area contributed by atoms with Crippen molar-refractivity contribution >= 4 is 41.1 Å². The molecule has 2 N–H and O–H groups in total. The van der Waals surface area contributed by atoms with Crippen molar-refractivity contribution in [2.75, 3.05) is 0 Å². The van der Waals surface area contributed by atoms with Gasteiger partial charge in [0.05, 0.1) is 11.8 Å². The summed E-state index contributed by atoms with van der Waals surface area (Å²) in [5.41, 5.74) is 3.33. The van der Waals surface area contributed by atoms with Crippen molar-refractivity contribution in [3.8, 4) is 11.5 Å². The van der Waals surface area contributed by atoms with Gasteiger partial charge < -0.3 is 10.2 Å². The molecule has 0 heterocycles. The second-order valence-electron chi connectivity index (χ2n) is 8.36. The molecule has 0 aliphatic heterocycles. The van der Waals surface area contributed by atoms with Gasteiger partial charge in [0.1, 0.15) is 11.5 Å². The Kier molecular flexibility index (Phi) is 8.27. The number of aromatic hydroxyl groups is 2. The zero-order chi connectivity index (χ0) is 25.5. The van der Waals surface area contributed by atoms with E-state index in [9.17, 15) is 15.0 Å². The fraction of sp³-hybridized carbons (Fsp3) is 0.0645. The number of Topliss-reactive ketones (excluding diaryl/α,β-unsaturated/α-hetero) is 1. The molecule has 0 bridgehead atoms. The molecule has 36 heavy (non-hydrogen) atoms. The fourth-order valence-corrected chi connectivity index (χ4v) is 4.11. The van der Waals surface area contributed by atoms with Crippen molar-refractivity contribution < 1.29 is 15.0 Å². The van der Waals surface area contributed by atoms with Gasteiger partial charge in [-0.15, -0.1) is 0 Å². The lowest BCUT2D eigenvalue weighted by Gasteiger charge is -2.19. The number of benzene rings is 4. The van der Waals surface area contributed by atoms with E-state index in [0.717, 1.165) is 22.3 Å². The van der Waals surface area contributed by atoms with Gasteiger partial charge >= 0.3 is 0 Å². The monoisotopic (exact) mass is 514 g/mol. The number of allylic oxidation sites excluding steroid dienone is 2. The van der Waals surface area contributed by atoms with Crippen LogP contribution in [0.3, 0.4) is 0 Å². The minimum absolute atomic E-state index is 0.0539. The highest BCUT2D eigenvalue weighted by Gasteiger charge is 2.26. The minimum Gasteiger partial charge on any atom is -0.508 e. The van der Waals surface area contributed by atoms with Gasteiger partial charge in [0.25, 0.3) is 0 Å². The van der Waals surface area contributed by atoms with Crippen LogP contribution < -0.4 is 0 Å². The van der Waals surface area contributed by atoms with E-state index < -0.39 is 11.8 Å². The molecule has 180 valence electrons. The average molecular weight is 515 g/mol. The average Bonchev–Trinajstić information content (AvgIpc) is 2.88.